The molecule has 0 aromatic carbocycles. The molecular weight excluding hydrogens is 853 g/mol. The summed E-state index contributed by atoms with van der Waals surface area (Å²) >= 11 is 0. The molecule has 3 N–H and O–H groups in total. The van der Waals surface area contributed by atoms with Crippen molar-refractivity contribution in [2.45, 2.75) is 310 Å². The van der Waals surface area contributed by atoms with Gasteiger partial charge in [0.25, 0.3) is 0 Å². The van der Waals surface area contributed by atoms with E-state index >= 15 is 0 Å². The maximum absolute atomic E-state index is 5.98. The number of ether oxygens (including phenoxy) is 3. The molecule has 0 aliphatic heterocycles. The summed E-state index contributed by atoms with van der Waals surface area (Å²) < 4.78 is 17.9. The summed E-state index contributed by atoms with van der Waals surface area (Å²) in [7, 11) is 0. The normalized spacial score (nSPS) is 11.5. The van der Waals surface area contributed by atoms with Crippen LogP contribution in [0.3, 0.4) is 0 Å². The molecular formula is C60H120N6O3. The first-order valence-electron chi connectivity index (χ1n) is 31.0. The van der Waals surface area contributed by atoms with E-state index in [4.69, 9.17) is 29.2 Å². The van der Waals surface area contributed by atoms with E-state index in [2.05, 4.69) is 36.7 Å². The summed E-state index contributed by atoms with van der Waals surface area (Å²) in [5.74, 6) is 1.81. The zero-order valence-electron chi connectivity index (χ0n) is 46.8. The molecule has 0 aliphatic carbocycles. The van der Waals surface area contributed by atoms with Crippen molar-refractivity contribution in [1.82, 2.24) is 15.0 Å². The number of anilines is 3. The minimum atomic E-state index is 0.602. The summed E-state index contributed by atoms with van der Waals surface area (Å²) in [4.78, 5) is 14.1. The monoisotopic (exact) mass is 973 g/mol. The van der Waals surface area contributed by atoms with Crippen molar-refractivity contribution in [3.8, 4) is 0 Å². The molecule has 9 heteroatoms. The fourth-order valence-corrected chi connectivity index (χ4v) is 9.24. The Labute approximate surface area is 430 Å². The standard InChI is InChI=1S/C60H120N6O3/c1-4-7-10-13-16-19-22-25-28-31-34-37-40-43-52-67-55-46-49-61-58-64-59(62-50-47-56-68-53-44-41-38-35-32-29-26-23-20-17-14-11-8-5-2)66-60(65-58)63-51-48-57-69-54-45-42-39-36-33-30-27-24-21-18-15-12-9-6-3/h4-57H2,1-3H3,(H3,61,62,63,64,65,66). The first-order valence-corrected chi connectivity index (χ1v) is 31.0. The van der Waals surface area contributed by atoms with E-state index in [-0.39, 0.29) is 0 Å². The van der Waals surface area contributed by atoms with Crippen LogP contribution in [0.5, 0.6) is 0 Å². The molecule has 0 unspecified atom stereocenters. The average Bonchev–Trinajstić information content (AvgIpc) is 3.36. The van der Waals surface area contributed by atoms with Crippen molar-refractivity contribution in [1.29, 1.82) is 0 Å². The Hall–Kier alpha value is -1.71. The lowest BCUT2D eigenvalue weighted by Gasteiger charge is -2.12. The van der Waals surface area contributed by atoms with E-state index in [9.17, 15) is 0 Å². The van der Waals surface area contributed by atoms with Crippen LogP contribution in [-0.4, -0.2) is 74.2 Å². The second-order valence-electron chi connectivity index (χ2n) is 20.8. The van der Waals surface area contributed by atoms with E-state index in [1.54, 1.807) is 0 Å². The van der Waals surface area contributed by atoms with Gasteiger partial charge in [0.1, 0.15) is 0 Å². The molecule has 0 aliphatic rings. The fourth-order valence-electron chi connectivity index (χ4n) is 9.24. The fraction of sp³-hybridized carbons (Fsp3) is 0.950. The van der Waals surface area contributed by atoms with Gasteiger partial charge >= 0.3 is 0 Å². The number of nitrogens with one attached hydrogen (secondary N) is 3. The van der Waals surface area contributed by atoms with Gasteiger partial charge in [-0.2, -0.15) is 15.0 Å². The third kappa shape index (κ3) is 51.0. The molecule has 0 saturated heterocycles. The Morgan fingerprint density at radius 3 is 0.565 bits per heavy atom. The van der Waals surface area contributed by atoms with E-state index in [0.29, 0.717) is 17.8 Å². The highest BCUT2D eigenvalue weighted by Crippen LogP contribution is 2.17. The number of aromatic nitrogens is 3. The quantitative estimate of drug-likeness (QED) is 0.0551. The van der Waals surface area contributed by atoms with Gasteiger partial charge in [-0.25, -0.2) is 0 Å². The molecule has 0 spiro atoms. The average molecular weight is 974 g/mol. The van der Waals surface area contributed by atoms with Gasteiger partial charge in [0.2, 0.25) is 17.8 Å². The molecule has 0 fully saturated rings. The highest BCUT2D eigenvalue weighted by atomic mass is 16.5. The van der Waals surface area contributed by atoms with Crippen LogP contribution in [0.25, 0.3) is 0 Å². The second kappa shape index (κ2) is 57.2. The molecule has 1 rings (SSSR count). The van der Waals surface area contributed by atoms with E-state index in [0.717, 1.165) is 97.8 Å². The van der Waals surface area contributed by atoms with Crippen LogP contribution in [0, 0.1) is 0 Å². The summed E-state index contributed by atoms with van der Waals surface area (Å²) in [5, 5.41) is 10.3. The molecule has 0 saturated carbocycles. The van der Waals surface area contributed by atoms with Crippen molar-refractivity contribution in [3.05, 3.63) is 0 Å². The minimum absolute atomic E-state index is 0.602. The van der Waals surface area contributed by atoms with Crippen LogP contribution in [-0.2, 0) is 14.2 Å². The Bertz CT molecular complexity index is 969. The van der Waals surface area contributed by atoms with Gasteiger partial charge in [-0.3, -0.25) is 0 Å². The molecule has 0 bridgehead atoms. The molecule has 408 valence electrons. The number of hydrogen-bond donors (Lipinski definition) is 3. The molecule has 0 atom stereocenters. The number of unbranched alkanes of at least 4 members (excludes halogenated alkanes) is 39. The number of nitrogens with zero attached hydrogens (tertiary/aromatic N) is 3. The third-order valence-corrected chi connectivity index (χ3v) is 13.8. The maximum Gasteiger partial charge on any atom is 0.229 e. The summed E-state index contributed by atoms with van der Waals surface area (Å²) in [5.41, 5.74) is 0. The molecule has 1 aromatic rings. The van der Waals surface area contributed by atoms with Gasteiger partial charge in [0.15, 0.2) is 0 Å². The summed E-state index contributed by atoms with van der Waals surface area (Å²) in [6, 6.07) is 0. The third-order valence-electron chi connectivity index (χ3n) is 13.8. The zero-order chi connectivity index (χ0) is 49.3. The van der Waals surface area contributed by atoms with Crippen LogP contribution >= 0.6 is 0 Å². The number of hydrogen-bond acceptors (Lipinski definition) is 9. The van der Waals surface area contributed by atoms with Gasteiger partial charge in [-0.05, 0) is 38.5 Å². The molecule has 69 heavy (non-hydrogen) atoms. The van der Waals surface area contributed by atoms with Gasteiger partial charge in [-0.1, -0.05) is 271 Å². The molecule has 1 aromatic heterocycles. The highest BCUT2D eigenvalue weighted by molar-refractivity contribution is 5.42. The van der Waals surface area contributed by atoms with Crippen LogP contribution in [0.2, 0.25) is 0 Å². The Morgan fingerprint density at radius 2 is 0.377 bits per heavy atom. The lowest BCUT2D eigenvalue weighted by molar-refractivity contribution is 0.129. The van der Waals surface area contributed by atoms with Crippen molar-refractivity contribution in [2.24, 2.45) is 0 Å². The smallest absolute Gasteiger partial charge is 0.229 e. The van der Waals surface area contributed by atoms with E-state index in [1.165, 1.54) is 250 Å². The van der Waals surface area contributed by atoms with Crippen molar-refractivity contribution in [3.63, 3.8) is 0 Å². The predicted octanol–water partition coefficient (Wildman–Crippen LogP) is 18.8. The molecule has 1 heterocycles. The van der Waals surface area contributed by atoms with Crippen molar-refractivity contribution < 1.29 is 14.2 Å². The van der Waals surface area contributed by atoms with Crippen LogP contribution in [0.15, 0.2) is 0 Å². The first kappa shape index (κ1) is 65.3. The largest absolute Gasteiger partial charge is 0.381 e. The minimum Gasteiger partial charge on any atom is -0.381 e. The van der Waals surface area contributed by atoms with Gasteiger partial charge < -0.3 is 30.2 Å². The lowest BCUT2D eigenvalue weighted by atomic mass is 10.0. The van der Waals surface area contributed by atoms with Crippen LogP contribution in [0.4, 0.5) is 17.8 Å². The zero-order valence-corrected chi connectivity index (χ0v) is 46.8. The van der Waals surface area contributed by atoms with Gasteiger partial charge in [0.05, 0.1) is 0 Å². The second-order valence-corrected chi connectivity index (χ2v) is 20.8. The summed E-state index contributed by atoms with van der Waals surface area (Å²) in [6.45, 7) is 14.0. The first-order chi connectivity index (χ1) is 34.3. The molecule has 0 amide bonds. The van der Waals surface area contributed by atoms with E-state index < -0.39 is 0 Å². The predicted molar refractivity (Wildman–Crippen MR) is 303 cm³/mol. The van der Waals surface area contributed by atoms with E-state index in [1.807, 2.05) is 0 Å². The SMILES string of the molecule is CCCCCCCCCCCCCCCCOCCCNc1nc(NCCCOCCCCCCCCCCCCCCCC)nc(NCCCOCCCCCCCCCCCCCCCC)n1. The maximum atomic E-state index is 5.98. The Morgan fingerprint density at radius 1 is 0.217 bits per heavy atom. The van der Waals surface area contributed by atoms with Crippen LogP contribution in [0.1, 0.15) is 310 Å². The molecule has 0 radical (unpaired) electrons. The summed E-state index contributed by atoms with van der Waals surface area (Å²) in [6.07, 6.45) is 60.8. The van der Waals surface area contributed by atoms with Crippen molar-refractivity contribution >= 4 is 17.8 Å². The van der Waals surface area contributed by atoms with Crippen molar-refractivity contribution in [2.75, 3.05) is 75.2 Å². The number of rotatable bonds is 60. The lowest BCUT2D eigenvalue weighted by Crippen LogP contribution is -2.16. The topological polar surface area (TPSA) is 102 Å². The van der Waals surface area contributed by atoms with Gasteiger partial charge in [-0.15, -0.1) is 0 Å². The Kier molecular flexibility index (Phi) is 54.1. The Balaban J connectivity index is 2.24. The molecule has 9 nitrogen and oxygen atoms in total. The van der Waals surface area contributed by atoms with Crippen LogP contribution < -0.4 is 16.0 Å². The van der Waals surface area contributed by atoms with Gasteiger partial charge in [0, 0.05) is 59.3 Å². The highest BCUT2D eigenvalue weighted by Gasteiger charge is 2.07.